The van der Waals surface area contributed by atoms with E-state index in [9.17, 15) is 9.18 Å². The monoisotopic (exact) mass is 205 g/mol. The minimum absolute atomic E-state index is 0.129. The maximum atomic E-state index is 12.7. The Hall–Kier alpha value is -1.97. The van der Waals surface area contributed by atoms with Crippen LogP contribution in [-0.2, 0) is 0 Å². The largest absolute Gasteiger partial charge is 0.356 e. The van der Waals surface area contributed by atoms with Crippen LogP contribution in [0.3, 0.4) is 0 Å². The third-order valence-electron chi connectivity index (χ3n) is 2.06. The quantitative estimate of drug-likeness (QED) is 0.708. The van der Waals surface area contributed by atoms with Crippen LogP contribution in [-0.4, -0.2) is 10.9 Å². The smallest absolute Gasteiger partial charge is 0.177 e. The van der Waals surface area contributed by atoms with Gasteiger partial charge in [-0.1, -0.05) is 5.16 Å². The zero-order valence-corrected chi connectivity index (χ0v) is 8.03. The van der Waals surface area contributed by atoms with Crippen molar-refractivity contribution in [3.63, 3.8) is 0 Å². The molecule has 0 aliphatic carbocycles. The minimum atomic E-state index is -0.331. The van der Waals surface area contributed by atoms with Gasteiger partial charge >= 0.3 is 0 Å². The summed E-state index contributed by atoms with van der Waals surface area (Å²) in [7, 11) is 0. The number of benzene rings is 1. The Labute approximate surface area is 85.5 Å². The number of rotatable bonds is 2. The van der Waals surface area contributed by atoms with E-state index in [1.54, 1.807) is 12.1 Å². The maximum Gasteiger partial charge on any atom is 0.177 e. The fraction of sp³-hybridized carbons (Fsp3) is 0.0909. The zero-order chi connectivity index (χ0) is 10.8. The van der Waals surface area contributed by atoms with E-state index < -0.39 is 0 Å². The van der Waals surface area contributed by atoms with Crippen molar-refractivity contribution in [2.24, 2.45) is 0 Å². The third-order valence-corrected chi connectivity index (χ3v) is 2.06. The summed E-state index contributed by atoms with van der Waals surface area (Å²) in [6, 6.07) is 5.70. The molecule has 3 nitrogen and oxygen atoms in total. The summed E-state index contributed by atoms with van der Waals surface area (Å²) in [5.74, 6) is -0.0827. The predicted octanol–water partition coefficient (Wildman–Crippen LogP) is 2.68. The molecule has 1 aromatic carbocycles. The molecule has 0 radical (unpaired) electrons. The summed E-state index contributed by atoms with van der Waals surface area (Å²) in [5.41, 5.74) is 1.04. The highest BCUT2D eigenvalue weighted by atomic mass is 19.1. The van der Waals surface area contributed by atoms with Crippen LogP contribution in [0.5, 0.6) is 0 Å². The highest BCUT2D eigenvalue weighted by Crippen LogP contribution is 2.23. The van der Waals surface area contributed by atoms with Crippen LogP contribution in [0.4, 0.5) is 4.39 Å². The molecule has 0 aliphatic rings. The maximum absolute atomic E-state index is 12.7. The van der Waals surface area contributed by atoms with Crippen LogP contribution in [0.2, 0.25) is 0 Å². The van der Waals surface area contributed by atoms with Crippen LogP contribution in [0, 0.1) is 5.82 Å². The topological polar surface area (TPSA) is 43.1 Å². The molecule has 0 saturated carbocycles. The van der Waals surface area contributed by atoms with Crippen molar-refractivity contribution in [2.75, 3.05) is 0 Å². The van der Waals surface area contributed by atoms with Crippen LogP contribution >= 0.6 is 0 Å². The first-order valence-electron chi connectivity index (χ1n) is 4.40. The van der Waals surface area contributed by atoms with Gasteiger partial charge in [-0.15, -0.1) is 0 Å². The highest BCUT2D eigenvalue weighted by molar-refractivity contribution is 5.99. The van der Waals surface area contributed by atoms with Crippen molar-refractivity contribution in [1.82, 2.24) is 5.16 Å². The fourth-order valence-electron chi connectivity index (χ4n) is 1.30. The lowest BCUT2D eigenvalue weighted by Crippen LogP contribution is -1.91. The van der Waals surface area contributed by atoms with Gasteiger partial charge in [-0.25, -0.2) is 4.39 Å². The lowest BCUT2D eigenvalue weighted by atomic mass is 10.1. The number of nitrogens with zero attached hydrogens (tertiary/aromatic N) is 1. The predicted molar refractivity (Wildman–Crippen MR) is 51.9 cm³/mol. The number of carbonyl (C=O) groups excluding carboxylic acids is 1. The van der Waals surface area contributed by atoms with Crippen LogP contribution < -0.4 is 0 Å². The molecule has 0 aliphatic heterocycles. The molecule has 15 heavy (non-hydrogen) atoms. The van der Waals surface area contributed by atoms with Gasteiger partial charge in [0, 0.05) is 5.56 Å². The van der Waals surface area contributed by atoms with Crippen LogP contribution in [0.1, 0.15) is 17.3 Å². The van der Waals surface area contributed by atoms with Gasteiger partial charge in [-0.3, -0.25) is 4.79 Å². The Morgan fingerprint density at radius 2 is 2.00 bits per heavy atom. The van der Waals surface area contributed by atoms with Crippen LogP contribution in [0.15, 0.2) is 35.0 Å². The third kappa shape index (κ3) is 1.79. The van der Waals surface area contributed by atoms with Crippen molar-refractivity contribution >= 4 is 5.78 Å². The van der Waals surface area contributed by atoms with Gasteiger partial charge in [0.1, 0.15) is 5.82 Å². The summed E-state index contributed by atoms with van der Waals surface area (Å²) in [4.78, 5) is 11.2. The van der Waals surface area contributed by atoms with Crippen molar-refractivity contribution < 1.29 is 13.7 Å². The molecule has 76 valence electrons. The molecule has 2 aromatic rings. The molecule has 0 unspecified atom stereocenters. The number of hydrogen-bond donors (Lipinski definition) is 0. The van der Waals surface area contributed by atoms with E-state index in [-0.39, 0.29) is 11.6 Å². The van der Waals surface area contributed by atoms with E-state index in [4.69, 9.17) is 4.52 Å². The molecule has 0 amide bonds. The summed E-state index contributed by atoms with van der Waals surface area (Å²) in [5, 5.41) is 3.55. The molecule has 0 saturated heterocycles. The molecule has 0 N–H and O–H groups in total. The molecule has 0 fully saturated rings. The number of carbonyl (C=O) groups is 1. The fourth-order valence-corrected chi connectivity index (χ4v) is 1.30. The summed E-state index contributed by atoms with van der Waals surface area (Å²) >= 11 is 0. The second-order valence-electron chi connectivity index (χ2n) is 3.13. The molecule has 1 heterocycles. The molecule has 0 atom stereocenters. The standard InChI is InChI=1S/C11H8FNO2/c1-7(14)10-6-13-15-11(10)8-2-4-9(12)5-3-8/h2-6H,1H3. The average Bonchev–Trinajstić information content (AvgIpc) is 2.67. The number of aromatic nitrogens is 1. The molecule has 0 spiro atoms. The second kappa shape index (κ2) is 3.65. The second-order valence-corrected chi connectivity index (χ2v) is 3.13. The van der Waals surface area contributed by atoms with Gasteiger partial charge in [-0.2, -0.15) is 0 Å². The Kier molecular flexibility index (Phi) is 2.33. The van der Waals surface area contributed by atoms with Gasteiger partial charge in [0.05, 0.1) is 11.8 Å². The normalized spacial score (nSPS) is 10.3. The van der Waals surface area contributed by atoms with Gasteiger partial charge in [0.25, 0.3) is 0 Å². The molecule has 4 heteroatoms. The molecule has 0 bridgehead atoms. The Bertz CT molecular complexity index is 488. The Morgan fingerprint density at radius 1 is 1.33 bits per heavy atom. The number of Topliss-reactive ketones (excluding diaryl/α,β-unsaturated/α-hetero) is 1. The van der Waals surface area contributed by atoms with E-state index in [2.05, 4.69) is 5.16 Å². The first-order chi connectivity index (χ1) is 7.18. The summed E-state index contributed by atoms with van der Waals surface area (Å²) in [6.07, 6.45) is 1.36. The number of hydrogen-bond acceptors (Lipinski definition) is 3. The summed E-state index contributed by atoms with van der Waals surface area (Å²) in [6.45, 7) is 1.43. The molecular weight excluding hydrogens is 197 g/mol. The van der Waals surface area contributed by atoms with E-state index in [1.165, 1.54) is 25.3 Å². The van der Waals surface area contributed by atoms with Crippen molar-refractivity contribution in [1.29, 1.82) is 0 Å². The van der Waals surface area contributed by atoms with E-state index in [0.717, 1.165) is 0 Å². The minimum Gasteiger partial charge on any atom is -0.356 e. The van der Waals surface area contributed by atoms with Gasteiger partial charge in [-0.05, 0) is 31.2 Å². The first kappa shape index (κ1) is 9.58. The van der Waals surface area contributed by atoms with Gasteiger partial charge in [0.2, 0.25) is 0 Å². The van der Waals surface area contributed by atoms with Crippen molar-refractivity contribution in [3.8, 4) is 11.3 Å². The first-order valence-corrected chi connectivity index (χ1v) is 4.40. The van der Waals surface area contributed by atoms with Crippen LogP contribution in [0.25, 0.3) is 11.3 Å². The van der Waals surface area contributed by atoms with Gasteiger partial charge in [0.15, 0.2) is 11.5 Å². The van der Waals surface area contributed by atoms with Gasteiger partial charge < -0.3 is 4.52 Å². The van der Waals surface area contributed by atoms with Crippen molar-refractivity contribution in [3.05, 3.63) is 41.8 Å². The molecule has 2 rings (SSSR count). The lowest BCUT2D eigenvalue weighted by molar-refractivity contribution is 0.101. The van der Waals surface area contributed by atoms with E-state index in [1.807, 2.05) is 0 Å². The zero-order valence-electron chi connectivity index (χ0n) is 8.03. The lowest BCUT2D eigenvalue weighted by Gasteiger charge is -1.97. The Balaban J connectivity index is 2.49. The SMILES string of the molecule is CC(=O)c1cnoc1-c1ccc(F)cc1. The van der Waals surface area contributed by atoms with Crippen molar-refractivity contribution in [2.45, 2.75) is 6.92 Å². The highest BCUT2D eigenvalue weighted by Gasteiger charge is 2.13. The van der Waals surface area contributed by atoms with E-state index in [0.29, 0.717) is 16.9 Å². The number of halogens is 1. The molecular formula is C11H8FNO2. The van der Waals surface area contributed by atoms with E-state index >= 15 is 0 Å². The average molecular weight is 205 g/mol. The molecule has 1 aromatic heterocycles. The Morgan fingerprint density at radius 3 is 2.60 bits per heavy atom. The summed E-state index contributed by atoms with van der Waals surface area (Å²) < 4.78 is 17.6. The number of ketones is 1.